The second-order valence-electron chi connectivity index (χ2n) is 5.38. The fraction of sp³-hybridized carbons (Fsp3) is 0.375. The third-order valence-electron chi connectivity index (χ3n) is 3.29. The molecule has 1 aromatic heterocycles. The number of aryl methyl sites for hydroxylation is 1. The minimum absolute atomic E-state index is 0.208. The number of carbonyl (C=O) groups is 2. The van der Waals surface area contributed by atoms with Gasteiger partial charge >= 0.3 is 12.1 Å². The van der Waals surface area contributed by atoms with E-state index in [9.17, 15) is 22.8 Å². The lowest BCUT2D eigenvalue weighted by molar-refractivity contribution is -0.149. The number of benzene rings is 1. The summed E-state index contributed by atoms with van der Waals surface area (Å²) in [4.78, 5) is 23.0. The van der Waals surface area contributed by atoms with Gasteiger partial charge in [-0.2, -0.15) is 13.2 Å². The summed E-state index contributed by atoms with van der Waals surface area (Å²) in [6.07, 6.45) is -4.53. The molecule has 2 rings (SSSR count). The summed E-state index contributed by atoms with van der Waals surface area (Å²) in [6.45, 7) is -0.556. The first-order valence-electron chi connectivity index (χ1n) is 7.88. The Morgan fingerprint density at radius 2 is 1.96 bits per heavy atom. The first-order chi connectivity index (χ1) is 13.2. The van der Waals surface area contributed by atoms with Gasteiger partial charge in [0.25, 0.3) is 5.91 Å². The van der Waals surface area contributed by atoms with Crippen molar-refractivity contribution >= 4 is 23.6 Å². The number of esters is 1. The van der Waals surface area contributed by atoms with Gasteiger partial charge in [-0.25, -0.2) is 0 Å². The zero-order valence-corrected chi connectivity index (χ0v) is 15.8. The van der Waals surface area contributed by atoms with Gasteiger partial charge in [-0.05, 0) is 19.1 Å². The van der Waals surface area contributed by atoms with Crippen LogP contribution in [0.15, 0.2) is 29.4 Å². The van der Waals surface area contributed by atoms with E-state index in [2.05, 4.69) is 14.9 Å². The number of amides is 1. The lowest BCUT2D eigenvalue weighted by Crippen LogP contribution is -2.36. The molecule has 1 heterocycles. The number of hydrogen-bond donors (Lipinski definition) is 1. The van der Waals surface area contributed by atoms with Gasteiger partial charge in [-0.1, -0.05) is 23.9 Å². The summed E-state index contributed by atoms with van der Waals surface area (Å²) >= 11 is 1.01. The molecule has 12 heteroatoms. The molecule has 0 aliphatic carbocycles. The van der Waals surface area contributed by atoms with E-state index >= 15 is 0 Å². The van der Waals surface area contributed by atoms with Crippen LogP contribution in [0.2, 0.25) is 0 Å². The second kappa shape index (κ2) is 9.44. The maximum absolute atomic E-state index is 12.0. The number of ether oxygens (including phenoxy) is 2. The average Bonchev–Trinajstić information content (AvgIpc) is 3.02. The standard InChI is InChI=1S/C16H17F3N4O4S/c1-10-21-22-15(23(10)11-5-3-4-6-12(11)26-2)28-8-14(25)27-7-13(24)20-9-16(17,18)19/h3-6H,7-9H2,1-2H3,(H,20,24). The molecule has 1 amide bonds. The Bertz CT molecular complexity index is 842. The zero-order chi connectivity index (χ0) is 20.7. The van der Waals surface area contributed by atoms with Crippen molar-refractivity contribution in [2.45, 2.75) is 18.3 Å². The molecule has 0 bridgehead atoms. The predicted molar refractivity (Wildman–Crippen MR) is 93.4 cm³/mol. The Labute approximate surface area is 162 Å². The van der Waals surface area contributed by atoms with E-state index in [1.165, 1.54) is 7.11 Å². The van der Waals surface area contributed by atoms with Crippen molar-refractivity contribution < 1.29 is 32.2 Å². The Kier molecular flexibility index (Phi) is 7.26. The Morgan fingerprint density at radius 1 is 1.25 bits per heavy atom. The van der Waals surface area contributed by atoms with Gasteiger partial charge in [-0.15, -0.1) is 10.2 Å². The largest absolute Gasteiger partial charge is 0.495 e. The molecule has 0 unspecified atom stereocenters. The van der Waals surface area contributed by atoms with Crippen LogP contribution in [0.4, 0.5) is 13.2 Å². The maximum Gasteiger partial charge on any atom is 0.405 e. The number of nitrogens with one attached hydrogen (secondary N) is 1. The average molecular weight is 418 g/mol. The van der Waals surface area contributed by atoms with Crippen molar-refractivity contribution in [1.29, 1.82) is 0 Å². The molecule has 0 atom stereocenters. The van der Waals surface area contributed by atoms with Crippen LogP contribution in [0, 0.1) is 6.92 Å². The van der Waals surface area contributed by atoms with Crippen molar-refractivity contribution in [1.82, 2.24) is 20.1 Å². The molecule has 1 N–H and O–H groups in total. The highest BCUT2D eigenvalue weighted by Gasteiger charge is 2.27. The van der Waals surface area contributed by atoms with E-state index in [4.69, 9.17) is 4.74 Å². The number of rotatable bonds is 8. The van der Waals surface area contributed by atoms with E-state index in [0.29, 0.717) is 22.4 Å². The van der Waals surface area contributed by atoms with Gasteiger partial charge in [-0.3, -0.25) is 14.2 Å². The van der Waals surface area contributed by atoms with Gasteiger partial charge in [0.05, 0.1) is 18.6 Å². The number of alkyl halides is 3. The van der Waals surface area contributed by atoms with Crippen LogP contribution in [0.25, 0.3) is 5.69 Å². The fourth-order valence-corrected chi connectivity index (χ4v) is 2.88. The number of carbonyl (C=O) groups excluding carboxylic acids is 2. The van der Waals surface area contributed by atoms with Crippen LogP contribution in [-0.2, 0) is 14.3 Å². The molecule has 28 heavy (non-hydrogen) atoms. The van der Waals surface area contributed by atoms with Gasteiger partial charge in [0.1, 0.15) is 18.1 Å². The molecule has 1 aromatic carbocycles. The molecule has 152 valence electrons. The summed E-state index contributed by atoms with van der Waals surface area (Å²) in [5, 5.41) is 9.98. The van der Waals surface area contributed by atoms with Gasteiger partial charge in [0, 0.05) is 0 Å². The van der Waals surface area contributed by atoms with Crippen molar-refractivity contribution in [2.75, 3.05) is 26.0 Å². The number of halogens is 3. The minimum atomic E-state index is -4.53. The van der Waals surface area contributed by atoms with Gasteiger partial charge in [0.2, 0.25) is 0 Å². The van der Waals surface area contributed by atoms with Crippen LogP contribution < -0.4 is 10.1 Å². The van der Waals surface area contributed by atoms with E-state index < -0.39 is 31.2 Å². The first kappa shape index (κ1) is 21.5. The molecule has 0 saturated carbocycles. The second-order valence-corrected chi connectivity index (χ2v) is 6.32. The highest BCUT2D eigenvalue weighted by Crippen LogP contribution is 2.28. The summed E-state index contributed by atoms with van der Waals surface area (Å²) < 4.78 is 47.7. The molecular weight excluding hydrogens is 401 g/mol. The number of nitrogens with zero attached hydrogens (tertiary/aromatic N) is 3. The van der Waals surface area contributed by atoms with Crippen LogP contribution in [-0.4, -0.2) is 58.8 Å². The summed E-state index contributed by atoms with van der Waals surface area (Å²) in [5.41, 5.74) is 0.676. The number of para-hydroxylation sites is 2. The number of thioether (sulfide) groups is 1. The quantitative estimate of drug-likeness (QED) is 0.517. The Hall–Kier alpha value is -2.76. The molecule has 8 nitrogen and oxygen atoms in total. The summed E-state index contributed by atoms with van der Waals surface area (Å²) in [6, 6.07) is 7.16. The third kappa shape index (κ3) is 6.15. The Morgan fingerprint density at radius 3 is 2.64 bits per heavy atom. The Balaban J connectivity index is 1.93. The van der Waals surface area contributed by atoms with Crippen LogP contribution in [0.5, 0.6) is 5.75 Å². The van der Waals surface area contributed by atoms with E-state index in [-0.39, 0.29) is 5.75 Å². The first-order valence-corrected chi connectivity index (χ1v) is 8.87. The molecule has 0 radical (unpaired) electrons. The van der Waals surface area contributed by atoms with E-state index in [1.54, 1.807) is 41.1 Å². The molecule has 2 aromatic rings. The monoisotopic (exact) mass is 418 g/mol. The molecule has 0 fully saturated rings. The molecule has 0 spiro atoms. The SMILES string of the molecule is COc1ccccc1-n1c(C)nnc1SCC(=O)OCC(=O)NCC(F)(F)F. The number of methoxy groups -OCH3 is 1. The highest BCUT2D eigenvalue weighted by atomic mass is 32.2. The van der Waals surface area contributed by atoms with Crippen LogP contribution in [0.3, 0.4) is 0 Å². The molecule has 0 aliphatic heterocycles. The number of hydrogen-bond acceptors (Lipinski definition) is 7. The van der Waals surface area contributed by atoms with E-state index in [1.807, 2.05) is 0 Å². The van der Waals surface area contributed by atoms with Gasteiger partial charge in [0.15, 0.2) is 11.8 Å². The van der Waals surface area contributed by atoms with Gasteiger partial charge < -0.3 is 14.8 Å². The third-order valence-corrected chi connectivity index (χ3v) is 4.19. The van der Waals surface area contributed by atoms with Crippen molar-refractivity contribution in [3.05, 3.63) is 30.1 Å². The normalized spacial score (nSPS) is 11.2. The topological polar surface area (TPSA) is 95.3 Å². The maximum atomic E-state index is 12.0. The van der Waals surface area contributed by atoms with Crippen LogP contribution >= 0.6 is 11.8 Å². The van der Waals surface area contributed by atoms with Crippen LogP contribution in [0.1, 0.15) is 5.82 Å². The molecule has 0 saturated heterocycles. The minimum Gasteiger partial charge on any atom is -0.495 e. The number of aromatic nitrogens is 3. The highest BCUT2D eigenvalue weighted by molar-refractivity contribution is 7.99. The predicted octanol–water partition coefficient (Wildman–Crippen LogP) is 1.90. The smallest absolute Gasteiger partial charge is 0.405 e. The van der Waals surface area contributed by atoms with E-state index in [0.717, 1.165) is 11.8 Å². The molecule has 0 aliphatic rings. The lowest BCUT2D eigenvalue weighted by atomic mass is 10.3. The molecular formula is C16H17F3N4O4S. The fourth-order valence-electron chi connectivity index (χ4n) is 2.09. The zero-order valence-electron chi connectivity index (χ0n) is 14.9. The van der Waals surface area contributed by atoms with Crippen molar-refractivity contribution in [3.63, 3.8) is 0 Å². The van der Waals surface area contributed by atoms with Crippen molar-refractivity contribution in [3.8, 4) is 11.4 Å². The lowest BCUT2D eigenvalue weighted by Gasteiger charge is -2.12. The summed E-state index contributed by atoms with van der Waals surface area (Å²) in [7, 11) is 1.52. The van der Waals surface area contributed by atoms with Crippen molar-refractivity contribution in [2.24, 2.45) is 0 Å². The summed E-state index contributed by atoms with van der Waals surface area (Å²) in [5.74, 6) is -0.883.